The van der Waals surface area contributed by atoms with Crippen LogP contribution in [0, 0.1) is 10.5 Å². The summed E-state index contributed by atoms with van der Waals surface area (Å²) in [7, 11) is 0. The summed E-state index contributed by atoms with van der Waals surface area (Å²) in [5.74, 6) is 2.58. The Morgan fingerprint density at radius 1 is 1.29 bits per heavy atom. The van der Waals surface area contributed by atoms with Crippen molar-refractivity contribution < 1.29 is 0 Å². The predicted molar refractivity (Wildman–Crippen MR) is 102 cm³/mol. The van der Waals surface area contributed by atoms with E-state index in [2.05, 4.69) is 72.9 Å². The first-order valence-corrected chi connectivity index (χ1v) is 9.61. The monoisotopic (exact) mass is 477 g/mol. The summed E-state index contributed by atoms with van der Waals surface area (Å²) in [5, 5.41) is 3.38. The SMILES string of the molecule is CCCNc1nc(CSc2ccccc2Br)nc(C)c1I. The third kappa shape index (κ3) is 4.82. The number of nitrogens with one attached hydrogen (secondary N) is 1. The standard InChI is InChI=1S/C15H17BrIN3S/c1-3-8-18-15-14(17)10(2)19-13(20-15)9-21-12-7-5-4-6-11(12)16/h4-7H,3,8-9H2,1-2H3,(H,18,19,20). The van der Waals surface area contributed by atoms with Crippen LogP contribution in [0.25, 0.3) is 0 Å². The number of hydrogen-bond acceptors (Lipinski definition) is 4. The van der Waals surface area contributed by atoms with Gasteiger partial charge in [-0.25, -0.2) is 9.97 Å². The van der Waals surface area contributed by atoms with Crippen molar-refractivity contribution in [2.24, 2.45) is 0 Å². The summed E-state index contributed by atoms with van der Waals surface area (Å²) in [4.78, 5) is 10.4. The Balaban J connectivity index is 2.13. The van der Waals surface area contributed by atoms with Gasteiger partial charge in [0, 0.05) is 15.9 Å². The number of benzene rings is 1. The molecule has 21 heavy (non-hydrogen) atoms. The maximum absolute atomic E-state index is 4.65. The first-order valence-electron chi connectivity index (χ1n) is 6.76. The van der Waals surface area contributed by atoms with E-state index < -0.39 is 0 Å². The fourth-order valence-electron chi connectivity index (χ4n) is 1.75. The molecule has 2 rings (SSSR count). The van der Waals surface area contributed by atoms with E-state index in [1.807, 2.05) is 19.1 Å². The second-order valence-electron chi connectivity index (χ2n) is 4.53. The highest BCUT2D eigenvalue weighted by Crippen LogP contribution is 2.29. The summed E-state index contributed by atoms with van der Waals surface area (Å²) >= 11 is 7.62. The highest BCUT2D eigenvalue weighted by molar-refractivity contribution is 14.1. The van der Waals surface area contributed by atoms with Gasteiger partial charge in [-0.15, -0.1) is 11.8 Å². The number of nitrogens with zero attached hydrogens (tertiary/aromatic N) is 2. The van der Waals surface area contributed by atoms with Gasteiger partial charge in [0.25, 0.3) is 0 Å². The van der Waals surface area contributed by atoms with Crippen molar-refractivity contribution in [1.29, 1.82) is 0 Å². The molecule has 1 N–H and O–H groups in total. The number of hydrogen-bond donors (Lipinski definition) is 1. The van der Waals surface area contributed by atoms with E-state index in [9.17, 15) is 0 Å². The summed E-state index contributed by atoms with van der Waals surface area (Å²) in [6, 6.07) is 8.22. The molecule has 1 heterocycles. The molecule has 0 aliphatic rings. The lowest BCUT2D eigenvalue weighted by molar-refractivity contribution is 0.933. The van der Waals surface area contributed by atoms with E-state index in [0.717, 1.165) is 44.1 Å². The number of anilines is 1. The van der Waals surface area contributed by atoms with Gasteiger partial charge < -0.3 is 5.32 Å². The van der Waals surface area contributed by atoms with Gasteiger partial charge in [0.15, 0.2) is 0 Å². The third-order valence-electron chi connectivity index (χ3n) is 2.80. The molecule has 1 aromatic heterocycles. The Kier molecular flexibility index (Phi) is 6.75. The smallest absolute Gasteiger partial charge is 0.143 e. The summed E-state index contributed by atoms with van der Waals surface area (Å²) in [5.41, 5.74) is 1.03. The average Bonchev–Trinajstić information content (AvgIpc) is 2.48. The fraction of sp³-hybridized carbons (Fsp3) is 0.333. The van der Waals surface area contributed by atoms with Crippen LogP contribution in [0.5, 0.6) is 0 Å². The summed E-state index contributed by atoms with van der Waals surface area (Å²) < 4.78 is 2.22. The van der Waals surface area contributed by atoms with Gasteiger partial charge in [-0.2, -0.15) is 0 Å². The molecule has 1 aromatic carbocycles. The van der Waals surface area contributed by atoms with Crippen molar-refractivity contribution >= 4 is 56.1 Å². The van der Waals surface area contributed by atoms with Gasteiger partial charge in [-0.3, -0.25) is 0 Å². The van der Waals surface area contributed by atoms with Crippen LogP contribution in [0.4, 0.5) is 5.82 Å². The van der Waals surface area contributed by atoms with Gasteiger partial charge in [-0.1, -0.05) is 19.1 Å². The van der Waals surface area contributed by atoms with Gasteiger partial charge in [0.2, 0.25) is 0 Å². The van der Waals surface area contributed by atoms with Gasteiger partial charge in [0.05, 0.1) is 15.0 Å². The molecular formula is C15H17BrIN3S. The molecule has 0 unspecified atom stereocenters. The fourth-order valence-corrected chi connectivity index (χ4v) is 3.60. The molecule has 0 aliphatic heterocycles. The maximum atomic E-state index is 4.65. The lowest BCUT2D eigenvalue weighted by Gasteiger charge is -2.11. The van der Waals surface area contributed by atoms with E-state index >= 15 is 0 Å². The summed E-state index contributed by atoms with van der Waals surface area (Å²) in [6.45, 7) is 5.12. The van der Waals surface area contributed by atoms with Gasteiger partial charge in [-0.05, 0) is 64.0 Å². The number of thioether (sulfide) groups is 1. The molecule has 0 radical (unpaired) electrons. The minimum Gasteiger partial charge on any atom is -0.369 e. The van der Waals surface area contributed by atoms with E-state index in [-0.39, 0.29) is 0 Å². The van der Waals surface area contributed by atoms with Crippen molar-refractivity contribution in [3.05, 3.63) is 43.8 Å². The van der Waals surface area contributed by atoms with Crippen LogP contribution >= 0.6 is 50.3 Å². The second-order valence-corrected chi connectivity index (χ2v) is 7.48. The Labute approximate surface area is 152 Å². The molecule has 0 spiro atoms. The normalized spacial score (nSPS) is 10.7. The molecule has 0 fully saturated rings. The minimum atomic E-state index is 0.765. The average molecular weight is 478 g/mol. The Hall–Kier alpha value is -0.340. The molecular weight excluding hydrogens is 461 g/mol. The Morgan fingerprint density at radius 3 is 2.76 bits per heavy atom. The zero-order valence-corrected chi connectivity index (χ0v) is 16.5. The molecule has 0 amide bonds. The van der Waals surface area contributed by atoms with Crippen LogP contribution in [-0.2, 0) is 5.75 Å². The van der Waals surface area contributed by atoms with Crippen LogP contribution in [0.1, 0.15) is 24.9 Å². The zero-order valence-electron chi connectivity index (χ0n) is 12.0. The molecule has 3 nitrogen and oxygen atoms in total. The molecule has 112 valence electrons. The Morgan fingerprint density at radius 2 is 2.05 bits per heavy atom. The van der Waals surface area contributed by atoms with Crippen LogP contribution in [0.15, 0.2) is 33.6 Å². The van der Waals surface area contributed by atoms with E-state index in [4.69, 9.17) is 0 Å². The maximum Gasteiger partial charge on any atom is 0.143 e. The van der Waals surface area contributed by atoms with Crippen molar-refractivity contribution in [3.63, 3.8) is 0 Å². The quantitative estimate of drug-likeness (QED) is 0.454. The minimum absolute atomic E-state index is 0.765. The first-order chi connectivity index (χ1) is 10.1. The predicted octanol–water partition coefficient (Wildman–Crippen LogP) is 5.27. The van der Waals surface area contributed by atoms with Crippen LogP contribution in [0.2, 0.25) is 0 Å². The van der Waals surface area contributed by atoms with E-state index in [0.29, 0.717) is 0 Å². The number of rotatable bonds is 6. The molecule has 2 aromatic rings. The van der Waals surface area contributed by atoms with E-state index in [1.165, 1.54) is 4.90 Å². The van der Waals surface area contributed by atoms with Crippen LogP contribution in [0.3, 0.4) is 0 Å². The zero-order chi connectivity index (χ0) is 15.2. The number of aryl methyl sites for hydroxylation is 1. The second kappa shape index (κ2) is 8.33. The van der Waals surface area contributed by atoms with Gasteiger partial charge in [0.1, 0.15) is 11.6 Å². The Bertz CT molecular complexity index is 622. The number of halogens is 2. The van der Waals surface area contributed by atoms with Crippen molar-refractivity contribution in [3.8, 4) is 0 Å². The van der Waals surface area contributed by atoms with Crippen molar-refractivity contribution in [2.45, 2.75) is 30.9 Å². The van der Waals surface area contributed by atoms with Crippen LogP contribution < -0.4 is 5.32 Å². The third-order valence-corrected chi connectivity index (χ3v) is 6.11. The lowest BCUT2D eigenvalue weighted by Crippen LogP contribution is -2.08. The molecule has 6 heteroatoms. The number of aromatic nitrogens is 2. The molecule has 0 atom stereocenters. The molecule has 0 bridgehead atoms. The molecule has 0 saturated carbocycles. The summed E-state index contributed by atoms with van der Waals surface area (Å²) in [6.07, 6.45) is 1.08. The van der Waals surface area contributed by atoms with Crippen LogP contribution in [-0.4, -0.2) is 16.5 Å². The first kappa shape index (κ1) is 17.0. The van der Waals surface area contributed by atoms with Crippen molar-refractivity contribution in [2.75, 3.05) is 11.9 Å². The van der Waals surface area contributed by atoms with Crippen molar-refractivity contribution in [1.82, 2.24) is 9.97 Å². The highest BCUT2D eigenvalue weighted by Gasteiger charge is 2.10. The van der Waals surface area contributed by atoms with Gasteiger partial charge >= 0.3 is 0 Å². The highest BCUT2D eigenvalue weighted by atomic mass is 127. The topological polar surface area (TPSA) is 37.8 Å². The largest absolute Gasteiger partial charge is 0.369 e. The molecule has 0 aliphatic carbocycles. The lowest BCUT2D eigenvalue weighted by atomic mass is 10.4. The molecule has 0 saturated heterocycles. The van der Waals surface area contributed by atoms with E-state index in [1.54, 1.807) is 11.8 Å².